The minimum Gasteiger partial charge on any atom is -0.465 e. The first-order chi connectivity index (χ1) is 12.0. The summed E-state index contributed by atoms with van der Waals surface area (Å²) in [6, 6.07) is 3.89. The number of hydrogen-bond donors (Lipinski definition) is 0. The highest BCUT2D eigenvalue weighted by Gasteiger charge is 2.48. The Hall–Kier alpha value is -0.723. The largest absolute Gasteiger partial charge is 0.465 e. The molecule has 1 saturated carbocycles. The lowest BCUT2D eigenvalue weighted by Gasteiger charge is -2.43. The highest BCUT2D eigenvalue weighted by atomic mass is 79.9. The van der Waals surface area contributed by atoms with Gasteiger partial charge in [-0.1, -0.05) is 20.8 Å². The van der Waals surface area contributed by atoms with Crippen LogP contribution in [0.25, 0.3) is 0 Å². The molecule has 0 aromatic carbocycles. The quantitative estimate of drug-likeness (QED) is 0.439. The molecule has 0 aliphatic heterocycles. The molecule has 0 atom stereocenters. The summed E-state index contributed by atoms with van der Waals surface area (Å²) < 4.78 is 12.9. The van der Waals surface area contributed by atoms with Crippen molar-refractivity contribution in [1.82, 2.24) is 4.98 Å². The molecule has 4 nitrogen and oxygen atoms in total. The maximum Gasteiger partial charge on any atom is 0.318 e. The third-order valence-corrected chi connectivity index (χ3v) is 10.9. The molecule has 146 valence electrons. The van der Waals surface area contributed by atoms with Crippen LogP contribution in [0.3, 0.4) is 0 Å². The van der Waals surface area contributed by atoms with Gasteiger partial charge in [0.15, 0.2) is 8.32 Å². The topological polar surface area (TPSA) is 48.4 Å². The normalized spacial score (nSPS) is 24.3. The Morgan fingerprint density at radius 2 is 1.92 bits per heavy atom. The number of rotatable bonds is 5. The van der Waals surface area contributed by atoms with Gasteiger partial charge in [-0.25, -0.2) is 0 Å². The molecule has 0 bridgehead atoms. The van der Waals surface area contributed by atoms with Gasteiger partial charge >= 0.3 is 5.97 Å². The third kappa shape index (κ3) is 4.57. The van der Waals surface area contributed by atoms with Crippen molar-refractivity contribution >= 4 is 30.2 Å². The lowest BCUT2D eigenvalue weighted by molar-refractivity contribution is -0.152. The highest BCUT2D eigenvalue weighted by molar-refractivity contribution is 9.10. The van der Waals surface area contributed by atoms with Crippen molar-refractivity contribution in [3.63, 3.8) is 0 Å². The van der Waals surface area contributed by atoms with E-state index in [0.29, 0.717) is 6.61 Å². The number of pyridine rings is 1. The van der Waals surface area contributed by atoms with Crippen LogP contribution in [-0.2, 0) is 19.4 Å². The molecule has 1 aliphatic carbocycles. The zero-order chi connectivity index (χ0) is 19.6. The second-order valence-electron chi connectivity index (χ2n) is 8.74. The van der Waals surface area contributed by atoms with E-state index in [1.165, 1.54) is 0 Å². The first kappa shape index (κ1) is 21.6. The molecule has 2 rings (SSSR count). The molecule has 0 unspecified atom stereocenters. The summed E-state index contributed by atoms with van der Waals surface area (Å²) in [4.78, 5) is 17.4. The molecule has 0 N–H and O–H groups in total. The van der Waals surface area contributed by atoms with E-state index in [2.05, 4.69) is 54.8 Å². The summed E-state index contributed by atoms with van der Waals surface area (Å²) in [6.45, 7) is 13.6. The van der Waals surface area contributed by atoms with E-state index in [9.17, 15) is 4.79 Å². The van der Waals surface area contributed by atoms with Gasteiger partial charge in [0.1, 0.15) is 5.41 Å². The number of halogens is 1. The molecular formula is C20H32BrNO3Si. The van der Waals surface area contributed by atoms with Gasteiger partial charge in [-0.05, 0) is 78.8 Å². The Morgan fingerprint density at radius 1 is 1.31 bits per heavy atom. The summed E-state index contributed by atoms with van der Waals surface area (Å²) in [5.74, 6) is -0.152. The first-order valence-corrected chi connectivity index (χ1v) is 13.2. The van der Waals surface area contributed by atoms with E-state index in [1.807, 2.05) is 19.1 Å². The van der Waals surface area contributed by atoms with Crippen molar-refractivity contribution in [1.29, 1.82) is 0 Å². The van der Waals surface area contributed by atoms with Gasteiger partial charge in [-0.15, -0.1) is 0 Å². The zero-order valence-electron chi connectivity index (χ0n) is 16.9. The van der Waals surface area contributed by atoms with Crippen LogP contribution < -0.4 is 0 Å². The fourth-order valence-electron chi connectivity index (χ4n) is 3.29. The number of hydrogen-bond acceptors (Lipinski definition) is 4. The Bertz CT molecular complexity index is 617. The molecule has 0 spiro atoms. The second-order valence-corrected chi connectivity index (χ2v) is 14.4. The number of aromatic nitrogens is 1. The minimum absolute atomic E-state index is 0.152. The lowest BCUT2D eigenvalue weighted by atomic mass is 9.70. The molecule has 1 aromatic rings. The molecular weight excluding hydrogens is 410 g/mol. The molecule has 0 saturated heterocycles. The standard InChI is InChI=1S/C20H32BrNO3Si/c1-7-24-18(23)20(17-9-8-15(21)14-22-17)12-10-16(11-13-20)25-26(5,6)19(2,3)4/h8-9,14,16H,7,10-13H2,1-6H3/t16-,20+. The molecule has 1 aliphatic rings. The Kier molecular flexibility index (Phi) is 6.73. The van der Waals surface area contributed by atoms with Crippen LogP contribution in [0, 0.1) is 0 Å². The third-order valence-electron chi connectivity index (χ3n) is 5.94. The predicted octanol–water partition coefficient (Wildman–Crippen LogP) is 5.61. The average molecular weight is 442 g/mol. The Morgan fingerprint density at radius 3 is 2.38 bits per heavy atom. The van der Waals surface area contributed by atoms with Crippen molar-refractivity contribution in [2.45, 2.75) is 83.0 Å². The Labute approximate surface area is 167 Å². The van der Waals surface area contributed by atoms with E-state index in [0.717, 1.165) is 35.8 Å². The monoisotopic (exact) mass is 441 g/mol. The van der Waals surface area contributed by atoms with E-state index >= 15 is 0 Å². The predicted molar refractivity (Wildman–Crippen MR) is 111 cm³/mol. The van der Waals surface area contributed by atoms with Crippen molar-refractivity contribution in [2.24, 2.45) is 0 Å². The van der Waals surface area contributed by atoms with Crippen molar-refractivity contribution < 1.29 is 14.0 Å². The molecule has 26 heavy (non-hydrogen) atoms. The zero-order valence-corrected chi connectivity index (χ0v) is 19.5. The van der Waals surface area contributed by atoms with E-state index in [1.54, 1.807) is 6.20 Å². The number of esters is 1. The summed E-state index contributed by atoms with van der Waals surface area (Å²) in [5, 5.41) is 0.190. The van der Waals surface area contributed by atoms with Crippen molar-refractivity contribution in [2.75, 3.05) is 6.61 Å². The van der Waals surface area contributed by atoms with Crippen LogP contribution in [0.1, 0.15) is 59.1 Å². The highest BCUT2D eigenvalue weighted by Crippen LogP contribution is 2.44. The van der Waals surface area contributed by atoms with Gasteiger partial charge in [0.2, 0.25) is 0 Å². The summed E-state index contributed by atoms with van der Waals surface area (Å²) in [7, 11) is -1.81. The van der Waals surface area contributed by atoms with Crippen LogP contribution in [0.4, 0.5) is 0 Å². The molecule has 1 aromatic heterocycles. The fourth-order valence-corrected chi connectivity index (χ4v) is 4.95. The average Bonchev–Trinajstić information content (AvgIpc) is 2.55. The maximum absolute atomic E-state index is 12.9. The van der Waals surface area contributed by atoms with Gasteiger partial charge in [0, 0.05) is 16.8 Å². The van der Waals surface area contributed by atoms with Gasteiger partial charge < -0.3 is 9.16 Å². The number of carbonyl (C=O) groups excluding carboxylic acids is 1. The fraction of sp³-hybridized carbons (Fsp3) is 0.700. The molecule has 6 heteroatoms. The van der Waals surface area contributed by atoms with Crippen LogP contribution in [0.2, 0.25) is 18.1 Å². The van der Waals surface area contributed by atoms with Crippen molar-refractivity contribution in [3.8, 4) is 0 Å². The smallest absolute Gasteiger partial charge is 0.318 e. The molecule has 0 radical (unpaired) electrons. The summed E-state index contributed by atoms with van der Waals surface area (Å²) in [5.41, 5.74) is 0.161. The first-order valence-electron chi connectivity index (χ1n) is 9.49. The van der Waals surface area contributed by atoms with Gasteiger partial charge in [-0.2, -0.15) is 0 Å². The number of nitrogens with zero attached hydrogens (tertiary/aromatic N) is 1. The van der Waals surface area contributed by atoms with Crippen LogP contribution in [-0.4, -0.2) is 32.0 Å². The summed E-state index contributed by atoms with van der Waals surface area (Å²) >= 11 is 3.42. The van der Waals surface area contributed by atoms with E-state index in [-0.39, 0.29) is 17.1 Å². The van der Waals surface area contributed by atoms with E-state index in [4.69, 9.17) is 9.16 Å². The SMILES string of the molecule is CCOC(=O)[C@]1(c2ccc(Br)cn2)CC[C@H](O[Si](C)(C)C(C)(C)C)CC1. The molecule has 1 heterocycles. The lowest BCUT2D eigenvalue weighted by Crippen LogP contribution is -2.48. The molecule has 0 amide bonds. The van der Waals surface area contributed by atoms with Crippen LogP contribution >= 0.6 is 15.9 Å². The number of carbonyl (C=O) groups is 1. The van der Waals surface area contributed by atoms with E-state index < -0.39 is 13.7 Å². The number of ether oxygens (including phenoxy) is 1. The van der Waals surface area contributed by atoms with Crippen LogP contribution in [0.5, 0.6) is 0 Å². The molecule has 1 fully saturated rings. The minimum atomic E-state index is -1.81. The second kappa shape index (κ2) is 8.11. The van der Waals surface area contributed by atoms with Gasteiger partial charge in [-0.3, -0.25) is 9.78 Å². The maximum atomic E-state index is 12.9. The van der Waals surface area contributed by atoms with Gasteiger partial charge in [0.05, 0.1) is 12.3 Å². The van der Waals surface area contributed by atoms with Crippen LogP contribution in [0.15, 0.2) is 22.8 Å². The summed E-state index contributed by atoms with van der Waals surface area (Å²) in [6.07, 6.45) is 5.15. The van der Waals surface area contributed by atoms with Gasteiger partial charge in [0.25, 0.3) is 0 Å². The van der Waals surface area contributed by atoms with Crippen molar-refractivity contribution in [3.05, 3.63) is 28.5 Å². The Balaban J connectivity index is 2.19.